The molecule has 0 spiro atoms. The Balaban J connectivity index is 1.85. The molecule has 0 unspecified atom stereocenters. The molecule has 18 heavy (non-hydrogen) atoms. The predicted molar refractivity (Wildman–Crippen MR) is 69.0 cm³/mol. The first-order valence-corrected chi connectivity index (χ1v) is 5.79. The highest BCUT2D eigenvalue weighted by Crippen LogP contribution is 2.04. The smallest absolute Gasteiger partial charge is 0.251 e. The van der Waals surface area contributed by atoms with Gasteiger partial charge in [-0.2, -0.15) is 0 Å². The van der Waals surface area contributed by atoms with E-state index in [-0.39, 0.29) is 5.91 Å². The van der Waals surface area contributed by atoms with Gasteiger partial charge >= 0.3 is 0 Å². The maximum Gasteiger partial charge on any atom is 0.251 e. The molecule has 0 aliphatic heterocycles. The highest BCUT2D eigenvalue weighted by molar-refractivity contribution is 5.93. The molecule has 1 aromatic carbocycles. The Bertz CT molecular complexity index is 490. The molecule has 0 atom stereocenters. The summed E-state index contributed by atoms with van der Waals surface area (Å²) in [6.07, 6.45) is 3.53. The fourth-order valence-electron chi connectivity index (χ4n) is 1.64. The van der Waals surface area contributed by atoms with Gasteiger partial charge in [0.05, 0.1) is 6.54 Å². The van der Waals surface area contributed by atoms with Crippen LogP contribution >= 0.6 is 0 Å². The van der Waals surface area contributed by atoms with Crippen molar-refractivity contribution >= 4 is 5.91 Å². The normalized spacial score (nSPS) is 10.3. The zero-order valence-electron chi connectivity index (χ0n) is 10.2. The van der Waals surface area contributed by atoms with Crippen LogP contribution in [0.3, 0.4) is 0 Å². The number of nitrogens with zero attached hydrogens (tertiary/aromatic N) is 1. The van der Waals surface area contributed by atoms with E-state index in [4.69, 9.17) is 0 Å². The number of hydrogen-bond donors (Lipinski definition) is 3. The van der Waals surface area contributed by atoms with E-state index in [9.17, 15) is 4.79 Å². The summed E-state index contributed by atoms with van der Waals surface area (Å²) in [7, 11) is 1.63. The Labute approximate surface area is 106 Å². The minimum atomic E-state index is -0.0647. The van der Waals surface area contributed by atoms with Gasteiger partial charge < -0.3 is 15.6 Å². The second-order valence-electron chi connectivity index (χ2n) is 3.92. The van der Waals surface area contributed by atoms with E-state index in [1.54, 1.807) is 19.4 Å². The molecule has 1 heterocycles. The first-order chi connectivity index (χ1) is 8.79. The number of aromatic nitrogens is 2. The summed E-state index contributed by atoms with van der Waals surface area (Å²) in [5.41, 5.74) is 1.81. The topological polar surface area (TPSA) is 69.8 Å². The number of aromatic amines is 1. The van der Waals surface area contributed by atoms with Gasteiger partial charge in [-0.05, 0) is 17.7 Å². The molecule has 2 rings (SSSR count). The van der Waals surface area contributed by atoms with Crippen molar-refractivity contribution in [3.63, 3.8) is 0 Å². The molecule has 0 aliphatic carbocycles. The largest absolute Gasteiger partial charge is 0.355 e. The highest BCUT2D eigenvalue weighted by Gasteiger charge is 2.02. The summed E-state index contributed by atoms with van der Waals surface area (Å²) in [5.74, 6) is 0.849. The second-order valence-corrected chi connectivity index (χ2v) is 3.92. The van der Waals surface area contributed by atoms with Crippen LogP contribution in [0, 0.1) is 0 Å². The average Bonchev–Trinajstić information content (AvgIpc) is 2.92. The standard InChI is InChI=1S/C13H16N4O/c1-14-13(18)11-4-2-10(3-5-11)8-15-9-12-16-6-7-17-12/h2-7,15H,8-9H2,1H3,(H,14,18)(H,16,17). The molecule has 0 saturated heterocycles. The number of nitrogens with one attached hydrogen (secondary N) is 3. The van der Waals surface area contributed by atoms with Crippen molar-refractivity contribution < 1.29 is 4.79 Å². The van der Waals surface area contributed by atoms with Gasteiger partial charge in [0, 0.05) is 31.5 Å². The van der Waals surface area contributed by atoms with E-state index in [0.717, 1.165) is 17.9 Å². The van der Waals surface area contributed by atoms with E-state index in [1.807, 2.05) is 24.3 Å². The van der Waals surface area contributed by atoms with Gasteiger partial charge in [0.25, 0.3) is 5.91 Å². The molecular weight excluding hydrogens is 228 g/mol. The van der Waals surface area contributed by atoms with E-state index < -0.39 is 0 Å². The van der Waals surface area contributed by atoms with Crippen LogP contribution in [-0.4, -0.2) is 22.9 Å². The van der Waals surface area contributed by atoms with Gasteiger partial charge in [-0.15, -0.1) is 0 Å². The van der Waals surface area contributed by atoms with Crippen molar-refractivity contribution in [3.8, 4) is 0 Å². The van der Waals surface area contributed by atoms with E-state index in [0.29, 0.717) is 12.1 Å². The van der Waals surface area contributed by atoms with Crippen molar-refractivity contribution in [1.82, 2.24) is 20.6 Å². The number of rotatable bonds is 5. The van der Waals surface area contributed by atoms with Crippen molar-refractivity contribution in [2.75, 3.05) is 7.05 Å². The van der Waals surface area contributed by atoms with Gasteiger partial charge in [-0.3, -0.25) is 4.79 Å². The third kappa shape index (κ3) is 3.18. The molecule has 0 aliphatic rings. The van der Waals surface area contributed by atoms with Gasteiger partial charge in [-0.1, -0.05) is 12.1 Å². The minimum absolute atomic E-state index is 0.0647. The van der Waals surface area contributed by atoms with Gasteiger partial charge in [0.15, 0.2) is 0 Å². The molecule has 3 N–H and O–H groups in total. The highest BCUT2D eigenvalue weighted by atomic mass is 16.1. The lowest BCUT2D eigenvalue weighted by molar-refractivity contribution is 0.0963. The Morgan fingerprint density at radius 2 is 2.06 bits per heavy atom. The van der Waals surface area contributed by atoms with Crippen LogP contribution in [0.15, 0.2) is 36.7 Å². The zero-order valence-corrected chi connectivity index (χ0v) is 10.2. The van der Waals surface area contributed by atoms with Crippen LogP contribution in [0.4, 0.5) is 0 Å². The number of amides is 1. The van der Waals surface area contributed by atoms with E-state index >= 15 is 0 Å². The third-order valence-electron chi connectivity index (χ3n) is 2.62. The summed E-state index contributed by atoms with van der Waals surface area (Å²) in [5, 5.41) is 5.87. The molecule has 0 radical (unpaired) electrons. The maximum absolute atomic E-state index is 11.4. The summed E-state index contributed by atoms with van der Waals surface area (Å²) < 4.78 is 0. The Kier molecular flexibility index (Phi) is 4.09. The van der Waals surface area contributed by atoms with Crippen LogP contribution < -0.4 is 10.6 Å². The molecular formula is C13H16N4O. The minimum Gasteiger partial charge on any atom is -0.355 e. The van der Waals surface area contributed by atoms with Crippen molar-refractivity contribution in [2.45, 2.75) is 13.1 Å². The second kappa shape index (κ2) is 5.97. The van der Waals surface area contributed by atoms with Gasteiger partial charge in [0.2, 0.25) is 0 Å². The lowest BCUT2D eigenvalue weighted by Gasteiger charge is -2.04. The molecule has 0 saturated carbocycles. The number of imidazole rings is 1. The molecule has 0 fully saturated rings. The zero-order chi connectivity index (χ0) is 12.8. The number of hydrogen-bond acceptors (Lipinski definition) is 3. The molecule has 0 bridgehead atoms. The summed E-state index contributed by atoms with van der Waals surface area (Å²) in [6.45, 7) is 1.44. The monoisotopic (exact) mass is 244 g/mol. The van der Waals surface area contributed by atoms with Crippen molar-refractivity contribution in [2.24, 2.45) is 0 Å². The maximum atomic E-state index is 11.4. The fraction of sp³-hybridized carbons (Fsp3) is 0.231. The Hall–Kier alpha value is -2.14. The number of H-pyrrole nitrogens is 1. The van der Waals surface area contributed by atoms with Crippen LogP contribution in [0.25, 0.3) is 0 Å². The van der Waals surface area contributed by atoms with Gasteiger partial charge in [0.1, 0.15) is 5.82 Å². The van der Waals surface area contributed by atoms with Crippen LogP contribution in [0.1, 0.15) is 21.7 Å². The van der Waals surface area contributed by atoms with Crippen LogP contribution in [0.5, 0.6) is 0 Å². The van der Waals surface area contributed by atoms with E-state index in [1.165, 1.54) is 0 Å². The summed E-state index contributed by atoms with van der Waals surface area (Å²) in [6, 6.07) is 7.53. The summed E-state index contributed by atoms with van der Waals surface area (Å²) in [4.78, 5) is 18.5. The Morgan fingerprint density at radius 3 is 2.67 bits per heavy atom. The quantitative estimate of drug-likeness (QED) is 0.736. The molecule has 5 heteroatoms. The lowest BCUT2D eigenvalue weighted by atomic mass is 10.1. The van der Waals surface area contributed by atoms with Crippen molar-refractivity contribution in [3.05, 3.63) is 53.6 Å². The van der Waals surface area contributed by atoms with Crippen LogP contribution in [0.2, 0.25) is 0 Å². The van der Waals surface area contributed by atoms with Crippen LogP contribution in [-0.2, 0) is 13.1 Å². The predicted octanol–water partition coefficient (Wildman–Crippen LogP) is 1.06. The SMILES string of the molecule is CNC(=O)c1ccc(CNCc2ncc[nH]2)cc1. The Morgan fingerprint density at radius 1 is 1.28 bits per heavy atom. The molecule has 1 aromatic heterocycles. The molecule has 94 valence electrons. The molecule has 1 amide bonds. The number of benzene rings is 1. The third-order valence-corrected chi connectivity index (χ3v) is 2.62. The number of carbonyl (C=O) groups is 1. The lowest BCUT2D eigenvalue weighted by Crippen LogP contribution is -2.18. The molecule has 5 nitrogen and oxygen atoms in total. The number of carbonyl (C=O) groups excluding carboxylic acids is 1. The molecule has 2 aromatic rings. The summed E-state index contributed by atoms with van der Waals surface area (Å²) >= 11 is 0. The first kappa shape index (κ1) is 12.3. The van der Waals surface area contributed by atoms with E-state index in [2.05, 4.69) is 20.6 Å². The fourth-order valence-corrected chi connectivity index (χ4v) is 1.64. The average molecular weight is 244 g/mol. The van der Waals surface area contributed by atoms with Crippen molar-refractivity contribution in [1.29, 1.82) is 0 Å². The first-order valence-electron chi connectivity index (χ1n) is 5.79. The van der Waals surface area contributed by atoms with Gasteiger partial charge in [-0.25, -0.2) is 4.98 Å².